The summed E-state index contributed by atoms with van der Waals surface area (Å²) >= 11 is 0. The Hall–Kier alpha value is -1.94. The maximum absolute atomic E-state index is 13.2. The minimum Gasteiger partial charge on any atom is -0.485 e. The number of hydrogen-bond donors (Lipinski definition) is 1. The smallest absolute Gasteiger partial charge is 0.128 e. The second-order valence-corrected chi connectivity index (χ2v) is 4.60. The van der Waals surface area contributed by atoms with Crippen LogP contribution in [0.25, 0.3) is 0 Å². The maximum atomic E-state index is 13.2. The predicted molar refractivity (Wildman–Crippen MR) is 65.7 cm³/mol. The molecule has 3 rings (SSSR count). The second-order valence-electron chi connectivity index (χ2n) is 4.60. The number of rotatable bonds is 1. The zero-order valence-corrected chi connectivity index (χ0v) is 10.0. The molecule has 2 aromatic carbocycles. The highest BCUT2D eigenvalue weighted by molar-refractivity contribution is 5.39. The summed E-state index contributed by atoms with van der Waals surface area (Å²) in [6.45, 7) is 0. The van der Waals surface area contributed by atoms with Crippen molar-refractivity contribution >= 4 is 0 Å². The summed E-state index contributed by atoms with van der Waals surface area (Å²) in [6.07, 6.45) is -0.889. The van der Waals surface area contributed by atoms with E-state index in [9.17, 15) is 13.9 Å². The average molecular weight is 262 g/mol. The van der Waals surface area contributed by atoms with Gasteiger partial charge in [-0.2, -0.15) is 0 Å². The van der Waals surface area contributed by atoms with Crippen molar-refractivity contribution < 1.29 is 18.6 Å². The molecule has 0 radical (unpaired) electrons. The molecule has 0 bridgehead atoms. The highest BCUT2D eigenvalue weighted by Gasteiger charge is 2.28. The Kier molecular flexibility index (Phi) is 2.95. The van der Waals surface area contributed by atoms with Crippen molar-refractivity contribution in [2.45, 2.75) is 18.6 Å². The molecule has 4 heteroatoms. The van der Waals surface area contributed by atoms with Crippen molar-refractivity contribution in [3.8, 4) is 5.75 Å². The standard InChI is InChI=1S/C15H12F2O2/c16-10-3-1-2-9(6-10)14-8-13(18)12-5-4-11(17)7-15(12)19-14/h1-7,13-14,18H,8H2/t13-,14?/m0/s1. The number of ether oxygens (including phenoxy) is 1. The van der Waals surface area contributed by atoms with E-state index < -0.39 is 18.0 Å². The Bertz CT molecular complexity index is 613. The Balaban J connectivity index is 1.96. The van der Waals surface area contributed by atoms with E-state index in [-0.39, 0.29) is 5.82 Å². The second kappa shape index (κ2) is 4.63. The van der Waals surface area contributed by atoms with Crippen molar-refractivity contribution in [1.82, 2.24) is 0 Å². The van der Waals surface area contributed by atoms with E-state index in [1.165, 1.54) is 30.3 Å². The molecule has 2 atom stereocenters. The topological polar surface area (TPSA) is 29.5 Å². The molecule has 2 aromatic rings. The first kappa shape index (κ1) is 12.1. The van der Waals surface area contributed by atoms with Gasteiger partial charge in [-0.1, -0.05) is 12.1 Å². The molecule has 1 unspecified atom stereocenters. The van der Waals surface area contributed by atoms with Gasteiger partial charge in [0.2, 0.25) is 0 Å². The minimum absolute atomic E-state index is 0.313. The lowest BCUT2D eigenvalue weighted by atomic mass is 9.95. The number of hydrogen-bond acceptors (Lipinski definition) is 2. The molecule has 2 nitrogen and oxygen atoms in total. The molecule has 0 spiro atoms. The third-order valence-electron chi connectivity index (χ3n) is 3.26. The van der Waals surface area contributed by atoms with Gasteiger partial charge in [-0.15, -0.1) is 0 Å². The lowest BCUT2D eigenvalue weighted by Crippen LogP contribution is -2.19. The molecule has 0 fully saturated rings. The van der Waals surface area contributed by atoms with Gasteiger partial charge in [0, 0.05) is 18.1 Å². The van der Waals surface area contributed by atoms with Gasteiger partial charge in [-0.05, 0) is 29.8 Å². The molecule has 19 heavy (non-hydrogen) atoms. The van der Waals surface area contributed by atoms with E-state index in [1.807, 2.05) is 0 Å². The van der Waals surface area contributed by atoms with Crippen LogP contribution in [0.3, 0.4) is 0 Å². The fourth-order valence-electron chi connectivity index (χ4n) is 2.33. The molecule has 1 aliphatic rings. The highest BCUT2D eigenvalue weighted by Crippen LogP contribution is 2.40. The van der Waals surface area contributed by atoms with Gasteiger partial charge < -0.3 is 9.84 Å². The van der Waals surface area contributed by atoms with Crippen molar-refractivity contribution in [3.63, 3.8) is 0 Å². The molecular formula is C15H12F2O2. The zero-order chi connectivity index (χ0) is 13.4. The fraction of sp³-hybridized carbons (Fsp3) is 0.200. The molecule has 1 N–H and O–H groups in total. The van der Waals surface area contributed by atoms with E-state index in [2.05, 4.69) is 0 Å². The summed E-state index contributed by atoms with van der Waals surface area (Å²) in [4.78, 5) is 0. The summed E-state index contributed by atoms with van der Waals surface area (Å²) in [5, 5.41) is 10.1. The molecule has 1 heterocycles. The molecule has 0 aliphatic carbocycles. The fourth-order valence-corrected chi connectivity index (χ4v) is 2.33. The van der Waals surface area contributed by atoms with Crippen LogP contribution in [0.4, 0.5) is 8.78 Å². The van der Waals surface area contributed by atoms with Gasteiger partial charge in [0.25, 0.3) is 0 Å². The van der Waals surface area contributed by atoms with Crippen molar-refractivity contribution in [1.29, 1.82) is 0 Å². The number of benzene rings is 2. The van der Waals surface area contributed by atoms with Crippen LogP contribution in [0.15, 0.2) is 42.5 Å². The van der Waals surface area contributed by atoms with Gasteiger partial charge in [-0.25, -0.2) is 8.78 Å². The Morgan fingerprint density at radius 2 is 1.84 bits per heavy atom. The third-order valence-corrected chi connectivity index (χ3v) is 3.26. The van der Waals surface area contributed by atoms with Crippen LogP contribution >= 0.6 is 0 Å². The summed E-state index contributed by atoms with van der Waals surface area (Å²) in [7, 11) is 0. The third kappa shape index (κ3) is 2.31. The molecule has 0 aromatic heterocycles. The lowest BCUT2D eigenvalue weighted by molar-refractivity contribution is 0.0652. The van der Waals surface area contributed by atoms with Gasteiger partial charge in [-0.3, -0.25) is 0 Å². The largest absolute Gasteiger partial charge is 0.485 e. The van der Waals surface area contributed by atoms with Crippen molar-refractivity contribution in [2.75, 3.05) is 0 Å². The van der Waals surface area contributed by atoms with Crippen LogP contribution < -0.4 is 4.74 Å². The quantitative estimate of drug-likeness (QED) is 0.852. The van der Waals surface area contributed by atoms with Gasteiger partial charge in [0.05, 0.1) is 6.10 Å². The summed E-state index contributed by atoms with van der Waals surface area (Å²) in [5.41, 5.74) is 1.20. The Morgan fingerprint density at radius 3 is 2.63 bits per heavy atom. The van der Waals surface area contributed by atoms with Crippen LogP contribution in [0.5, 0.6) is 5.75 Å². The average Bonchev–Trinajstić information content (AvgIpc) is 2.38. The van der Waals surface area contributed by atoms with E-state index >= 15 is 0 Å². The van der Waals surface area contributed by atoms with Gasteiger partial charge in [0.15, 0.2) is 0 Å². The molecule has 0 saturated heterocycles. The Labute approximate surface area is 109 Å². The van der Waals surface area contributed by atoms with Crippen LogP contribution in [-0.4, -0.2) is 5.11 Å². The summed E-state index contributed by atoms with van der Waals surface area (Å²) in [6, 6.07) is 10.1. The van der Waals surface area contributed by atoms with Gasteiger partial charge in [0.1, 0.15) is 23.5 Å². The Morgan fingerprint density at radius 1 is 1.05 bits per heavy atom. The first-order valence-corrected chi connectivity index (χ1v) is 6.03. The van der Waals surface area contributed by atoms with Crippen LogP contribution in [0.1, 0.15) is 29.8 Å². The van der Waals surface area contributed by atoms with Gasteiger partial charge >= 0.3 is 0 Å². The number of aliphatic hydroxyl groups is 1. The molecule has 0 amide bonds. The van der Waals surface area contributed by atoms with Crippen molar-refractivity contribution in [3.05, 3.63) is 65.2 Å². The molecule has 1 aliphatic heterocycles. The van der Waals surface area contributed by atoms with E-state index in [4.69, 9.17) is 4.74 Å². The number of halogens is 2. The SMILES string of the molecule is O[C@H]1CC(c2cccc(F)c2)Oc2cc(F)ccc21. The lowest BCUT2D eigenvalue weighted by Gasteiger charge is -2.29. The van der Waals surface area contributed by atoms with E-state index in [0.717, 1.165) is 0 Å². The monoisotopic (exact) mass is 262 g/mol. The summed E-state index contributed by atoms with van der Waals surface area (Å²) in [5.74, 6) is -0.473. The highest BCUT2D eigenvalue weighted by atomic mass is 19.1. The maximum Gasteiger partial charge on any atom is 0.128 e. The predicted octanol–water partition coefficient (Wildman–Crippen LogP) is 3.52. The molecular weight excluding hydrogens is 250 g/mol. The zero-order valence-electron chi connectivity index (χ0n) is 10.0. The molecule has 98 valence electrons. The van der Waals surface area contributed by atoms with Crippen LogP contribution in [0, 0.1) is 11.6 Å². The first-order chi connectivity index (χ1) is 9.13. The number of fused-ring (bicyclic) bond motifs is 1. The number of aliphatic hydroxyl groups excluding tert-OH is 1. The van der Waals surface area contributed by atoms with Crippen LogP contribution in [-0.2, 0) is 0 Å². The van der Waals surface area contributed by atoms with Crippen molar-refractivity contribution in [2.24, 2.45) is 0 Å². The summed E-state index contributed by atoms with van der Waals surface area (Å²) < 4.78 is 32.1. The molecule has 0 saturated carbocycles. The minimum atomic E-state index is -0.738. The van der Waals surface area contributed by atoms with E-state index in [1.54, 1.807) is 12.1 Å². The van der Waals surface area contributed by atoms with Crippen LogP contribution in [0.2, 0.25) is 0 Å². The first-order valence-electron chi connectivity index (χ1n) is 6.03. The van der Waals surface area contributed by atoms with E-state index in [0.29, 0.717) is 23.3 Å². The normalized spacial score (nSPS) is 21.6.